The summed E-state index contributed by atoms with van der Waals surface area (Å²) in [4.78, 5) is 13.6. The van der Waals surface area contributed by atoms with Gasteiger partial charge in [0, 0.05) is 26.6 Å². The Bertz CT molecular complexity index is 237. The normalized spacial score (nSPS) is 10.2. The molecular weight excluding hydrogens is 240 g/mol. The van der Waals surface area contributed by atoms with Gasteiger partial charge in [0.25, 0.3) is 0 Å². The predicted molar refractivity (Wildman–Crippen MR) is 71.0 cm³/mol. The number of rotatable bonds is 10. The first-order valence-electron chi connectivity index (χ1n) is 5.75. The van der Waals surface area contributed by atoms with Crippen molar-refractivity contribution in [1.82, 2.24) is 4.90 Å². The number of hydrogen-bond donors (Lipinski definition) is 1. The van der Waals surface area contributed by atoms with E-state index >= 15 is 0 Å². The van der Waals surface area contributed by atoms with E-state index in [-0.39, 0.29) is 5.91 Å². The van der Waals surface area contributed by atoms with E-state index in [2.05, 4.69) is 0 Å². The third kappa shape index (κ3) is 10.2. The average molecular weight is 262 g/mol. The lowest BCUT2D eigenvalue weighted by Crippen LogP contribution is -2.30. The van der Waals surface area contributed by atoms with E-state index in [0.29, 0.717) is 50.8 Å². The lowest BCUT2D eigenvalue weighted by molar-refractivity contribution is -0.131. The van der Waals surface area contributed by atoms with Crippen LogP contribution >= 0.6 is 12.2 Å². The Morgan fingerprint density at radius 1 is 1.24 bits per heavy atom. The van der Waals surface area contributed by atoms with E-state index < -0.39 is 0 Å². The first kappa shape index (κ1) is 16.3. The Labute approximate surface area is 108 Å². The van der Waals surface area contributed by atoms with Crippen LogP contribution in [-0.4, -0.2) is 55.8 Å². The molecule has 0 aliphatic rings. The second kappa shape index (κ2) is 10.4. The molecule has 0 radical (unpaired) electrons. The molecule has 6 heteroatoms. The topological polar surface area (TPSA) is 64.8 Å². The third-order valence-electron chi connectivity index (χ3n) is 2.16. The van der Waals surface area contributed by atoms with Gasteiger partial charge in [0.15, 0.2) is 0 Å². The highest BCUT2D eigenvalue weighted by Gasteiger charge is 2.08. The highest BCUT2D eigenvalue weighted by Crippen LogP contribution is 1.94. The average Bonchev–Trinajstić information content (AvgIpc) is 2.30. The summed E-state index contributed by atoms with van der Waals surface area (Å²) in [6.45, 7) is 4.69. The molecule has 0 fully saturated rings. The summed E-state index contributed by atoms with van der Waals surface area (Å²) < 4.78 is 10.4. The van der Waals surface area contributed by atoms with Gasteiger partial charge in [-0.3, -0.25) is 4.79 Å². The van der Waals surface area contributed by atoms with Gasteiger partial charge in [-0.2, -0.15) is 0 Å². The van der Waals surface area contributed by atoms with Gasteiger partial charge in [0.05, 0.1) is 31.2 Å². The van der Waals surface area contributed by atoms with Crippen molar-refractivity contribution in [3.05, 3.63) is 0 Å². The van der Waals surface area contributed by atoms with Crippen LogP contribution < -0.4 is 5.73 Å². The van der Waals surface area contributed by atoms with Crippen LogP contribution in [0.5, 0.6) is 0 Å². The summed E-state index contributed by atoms with van der Waals surface area (Å²) in [7, 11) is 1.74. The quantitative estimate of drug-likeness (QED) is 0.460. The van der Waals surface area contributed by atoms with Crippen LogP contribution in [0.1, 0.15) is 19.8 Å². The molecule has 100 valence electrons. The second-order valence-electron chi connectivity index (χ2n) is 3.59. The molecule has 0 saturated carbocycles. The van der Waals surface area contributed by atoms with Crippen molar-refractivity contribution in [2.75, 3.05) is 40.0 Å². The Morgan fingerprint density at radius 3 is 2.47 bits per heavy atom. The van der Waals surface area contributed by atoms with E-state index in [1.807, 2.05) is 6.92 Å². The van der Waals surface area contributed by atoms with Crippen LogP contribution in [0.4, 0.5) is 0 Å². The molecule has 0 aromatic rings. The molecule has 0 rings (SSSR count). The number of carbonyl (C=O) groups is 1. The van der Waals surface area contributed by atoms with Gasteiger partial charge in [0.1, 0.15) is 0 Å². The van der Waals surface area contributed by atoms with Gasteiger partial charge in [-0.25, -0.2) is 0 Å². The molecule has 0 unspecified atom stereocenters. The summed E-state index contributed by atoms with van der Waals surface area (Å²) in [5.74, 6) is 0.0395. The summed E-state index contributed by atoms with van der Waals surface area (Å²) in [5, 5.41) is 0. The van der Waals surface area contributed by atoms with Crippen LogP contribution in [0.15, 0.2) is 0 Å². The fourth-order valence-electron chi connectivity index (χ4n) is 1.12. The fourth-order valence-corrected chi connectivity index (χ4v) is 1.21. The van der Waals surface area contributed by atoms with E-state index in [1.54, 1.807) is 11.9 Å². The number of nitrogens with zero attached hydrogens (tertiary/aromatic N) is 1. The SMILES string of the molecule is CCOCCOCCC(=O)N(C)CCC(N)=S. The smallest absolute Gasteiger partial charge is 0.224 e. The van der Waals surface area contributed by atoms with Crippen molar-refractivity contribution in [1.29, 1.82) is 0 Å². The minimum Gasteiger partial charge on any atom is -0.393 e. The van der Waals surface area contributed by atoms with Gasteiger partial charge in [-0.05, 0) is 6.92 Å². The zero-order valence-corrected chi connectivity index (χ0v) is 11.4. The molecule has 1 amide bonds. The third-order valence-corrected chi connectivity index (χ3v) is 2.36. The standard InChI is InChI=1S/C11H22N2O3S/c1-3-15-8-9-16-7-5-11(14)13(2)6-4-10(12)17/h3-9H2,1-2H3,(H2,12,17). The maximum absolute atomic E-state index is 11.6. The van der Waals surface area contributed by atoms with Crippen molar-refractivity contribution < 1.29 is 14.3 Å². The van der Waals surface area contributed by atoms with Crippen LogP contribution in [0, 0.1) is 0 Å². The van der Waals surface area contributed by atoms with Crippen molar-refractivity contribution >= 4 is 23.1 Å². The molecule has 0 aromatic heterocycles. The first-order valence-corrected chi connectivity index (χ1v) is 6.16. The molecule has 0 aliphatic heterocycles. The molecule has 0 bridgehead atoms. The Hall–Kier alpha value is -0.720. The Morgan fingerprint density at radius 2 is 1.88 bits per heavy atom. The molecule has 0 aromatic carbocycles. The monoisotopic (exact) mass is 262 g/mol. The largest absolute Gasteiger partial charge is 0.393 e. The zero-order valence-electron chi connectivity index (χ0n) is 10.6. The van der Waals surface area contributed by atoms with Crippen LogP contribution in [0.3, 0.4) is 0 Å². The molecular formula is C11H22N2O3S. The molecule has 2 N–H and O–H groups in total. The van der Waals surface area contributed by atoms with Crippen LogP contribution in [0.25, 0.3) is 0 Å². The number of hydrogen-bond acceptors (Lipinski definition) is 4. The maximum atomic E-state index is 11.6. The molecule has 0 atom stereocenters. The number of amides is 1. The molecule has 0 spiro atoms. The number of carbonyl (C=O) groups excluding carboxylic acids is 1. The fraction of sp³-hybridized carbons (Fsp3) is 0.818. The molecule has 0 aliphatic carbocycles. The van der Waals surface area contributed by atoms with Gasteiger partial charge < -0.3 is 20.1 Å². The summed E-state index contributed by atoms with van der Waals surface area (Å²) >= 11 is 4.75. The van der Waals surface area contributed by atoms with Crippen molar-refractivity contribution in [3.8, 4) is 0 Å². The van der Waals surface area contributed by atoms with E-state index in [4.69, 9.17) is 27.4 Å². The molecule has 0 heterocycles. The Kier molecular flexibility index (Phi) is 9.99. The van der Waals surface area contributed by atoms with E-state index in [1.165, 1.54) is 0 Å². The molecule has 0 saturated heterocycles. The van der Waals surface area contributed by atoms with Crippen LogP contribution in [-0.2, 0) is 14.3 Å². The minimum absolute atomic E-state index is 0.0395. The maximum Gasteiger partial charge on any atom is 0.224 e. The minimum atomic E-state index is 0.0395. The first-order chi connectivity index (χ1) is 8.07. The van der Waals surface area contributed by atoms with Crippen molar-refractivity contribution in [3.63, 3.8) is 0 Å². The van der Waals surface area contributed by atoms with E-state index in [9.17, 15) is 4.79 Å². The van der Waals surface area contributed by atoms with Gasteiger partial charge in [-0.1, -0.05) is 12.2 Å². The lowest BCUT2D eigenvalue weighted by atomic mass is 10.3. The number of ether oxygens (including phenoxy) is 2. The summed E-state index contributed by atoms with van der Waals surface area (Å²) in [6.07, 6.45) is 0.933. The second-order valence-corrected chi connectivity index (χ2v) is 4.12. The highest BCUT2D eigenvalue weighted by atomic mass is 32.1. The van der Waals surface area contributed by atoms with Crippen LogP contribution in [0.2, 0.25) is 0 Å². The number of thiocarbonyl (C=S) groups is 1. The van der Waals surface area contributed by atoms with Gasteiger partial charge in [-0.15, -0.1) is 0 Å². The Balaban J connectivity index is 3.47. The van der Waals surface area contributed by atoms with Gasteiger partial charge >= 0.3 is 0 Å². The highest BCUT2D eigenvalue weighted by molar-refractivity contribution is 7.80. The molecule has 17 heavy (non-hydrogen) atoms. The number of nitrogens with two attached hydrogens (primary N) is 1. The van der Waals surface area contributed by atoms with Crippen molar-refractivity contribution in [2.45, 2.75) is 19.8 Å². The van der Waals surface area contributed by atoms with E-state index in [0.717, 1.165) is 0 Å². The zero-order chi connectivity index (χ0) is 13.1. The summed E-state index contributed by atoms with van der Waals surface area (Å²) in [5.41, 5.74) is 5.36. The van der Waals surface area contributed by atoms with Gasteiger partial charge in [0.2, 0.25) is 5.91 Å². The van der Waals surface area contributed by atoms with Crippen molar-refractivity contribution in [2.24, 2.45) is 5.73 Å². The molecule has 5 nitrogen and oxygen atoms in total. The predicted octanol–water partition coefficient (Wildman–Crippen LogP) is 0.564. The summed E-state index contributed by atoms with van der Waals surface area (Å²) in [6, 6.07) is 0. The lowest BCUT2D eigenvalue weighted by Gasteiger charge is -2.16.